The van der Waals surface area contributed by atoms with Crippen molar-refractivity contribution in [2.45, 2.75) is 32.7 Å². The van der Waals surface area contributed by atoms with Gasteiger partial charge in [-0.1, -0.05) is 30.3 Å². The number of rotatable bonds is 10. The van der Waals surface area contributed by atoms with Gasteiger partial charge in [0.1, 0.15) is 11.5 Å². The van der Waals surface area contributed by atoms with E-state index in [1.807, 2.05) is 48.5 Å². The molecule has 0 saturated carbocycles. The van der Waals surface area contributed by atoms with E-state index < -0.39 is 5.97 Å². The van der Waals surface area contributed by atoms with Crippen LogP contribution in [0, 0.1) is 6.92 Å². The fourth-order valence-corrected chi connectivity index (χ4v) is 3.86. The van der Waals surface area contributed by atoms with Crippen LogP contribution in [-0.2, 0) is 11.3 Å². The zero-order valence-electron chi connectivity index (χ0n) is 17.7. The number of nitrogens with zero attached hydrogens (tertiary/aromatic N) is 1. The topological polar surface area (TPSA) is 60.7 Å². The predicted molar refractivity (Wildman–Crippen MR) is 123 cm³/mol. The first kappa shape index (κ1) is 20.8. The van der Waals surface area contributed by atoms with Gasteiger partial charge < -0.3 is 19.1 Å². The highest BCUT2D eigenvalue weighted by atomic mass is 16.5. The number of unbranched alkanes of at least 4 members (excludes halogenated alkanes) is 1. The number of para-hydroxylation sites is 1. The largest absolute Gasteiger partial charge is 0.494 e. The molecule has 4 rings (SSSR count). The van der Waals surface area contributed by atoms with Crippen LogP contribution >= 0.6 is 0 Å². The normalized spacial score (nSPS) is 11.1. The molecule has 3 aromatic carbocycles. The van der Waals surface area contributed by atoms with Crippen molar-refractivity contribution < 1.29 is 19.4 Å². The maximum Gasteiger partial charge on any atom is 0.305 e. The summed E-state index contributed by atoms with van der Waals surface area (Å²) in [6.07, 6.45) is 1.89. The fourth-order valence-electron chi connectivity index (χ4n) is 3.86. The lowest BCUT2D eigenvalue weighted by molar-refractivity contribution is -0.137. The van der Waals surface area contributed by atoms with Crippen LogP contribution in [0.5, 0.6) is 11.5 Å². The van der Waals surface area contributed by atoms with E-state index in [-0.39, 0.29) is 6.42 Å². The van der Waals surface area contributed by atoms with Crippen molar-refractivity contribution in [2.24, 2.45) is 0 Å². The molecular weight excluding hydrogens is 390 g/mol. The van der Waals surface area contributed by atoms with E-state index in [4.69, 9.17) is 14.6 Å². The van der Waals surface area contributed by atoms with Gasteiger partial charge in [0, 0.05) is 28.9 Å². The van der Waals surface area contributed by atoms with E-state index in [9.17, 15) is 4.79 Å². The predicted octanol–water partition coefficient (Wildman–Crippen LogP) is 5.82. The molecule has 0 aliphatic carbocycles. The Labute approximate surface area is 181 Å². The van der Waals surface area contributed by atoms with Crippen LogP contribution in [0.2, 0.25) is 0 Å². The Morgan fingerprint density at radius 3 is 2.29 bits per heavy atom. The van der Waals surface area contributed by atoms with Crippen LogP contribution < -0.4 is 9.47 Å². The zero-order chi connectivity index (χ0) is 21.6. The molecular formula is C26H27NO4. The number of carbonyl (C=O) groups is 1. The Balaban J connectivity index is 1.38. The summed E-state index contributed by atoms with van der Waals surface area (Å²) in [5.41, 5.74) is 3.24. The van der Waals surface area contributed by atoms with Crippen molar-refractivity contribution in [1.29, 1.82) is 0 Å². The molecule has 1 N–H and O–H groups in total. The zero-order valence-corrected chi connectivity index (χ0v) is 17.7. The lowest BCUT2D eigenvalue weighted by Gasteiger charge is -2.09. The molecule has 31 heavy (non-hydrogen) atoms. The summed E-state index contributed by atoms with van der Waals surface area (Å²) in [4.78, 5) is 11.1. The molecule has 5 nitrogen and oxygen atoms in total. The van der Waals surface area contributed by atoms with Gasteiger partial charge in [0.05, 0.1) is 25.2 Å². The lowest BCUT2D eigenvalue weighted by Crippen LogP contribution is -2.05. The molecule has 0 amide bonds. The number of aryl methyl sites for hydroxylation is 2. The molecule has 0 spiro atoms. The number of aliphatic carboxylic acids is 1. The quantitative estimate of drug-likeness (QED) is 0.331. The first-order chi connectivity index (χ1) is 15.1. The summed E-state index contributed by atoms with van der Waals surface area (Å²) in [5, 5.41) is 11.4. The van der Waals surface area contributed by atoms with Crippen molar-refractivity contribution in [1.82, 2.24) is 4.57 Å². The van der Waals surface area contributed by atoms with Crippen LogP contribution in [0.1, 0.15) is 24.8 Å². The van der Waals surface area contributed by atoms with Gasteiger partial charge in [0.25, 0.3) is 0 Å². The first-order valence-corrected chi connectivity index (χ1v) is 10.7. The highest BCUT2D eigenvalue weighted by Gasteiger charge is 2.12. The molecule has 0 saturated heterocycles. The molecule has 4 aromatic rings. The highest BCUT2D eigenvalue weighted by molar-refractivity contribution is 6.08. The Morgan fingerprint density at radius 1 is 0.839 bits per heavy atom. The number of fused-ring (bicyclic) bond motifs is 3. The Hall–Kier alpha value is -3.47. The third-order valence-corrected chi connectivity index (χ3v) is 5.36. The van der Waals surface area contributed by atoms with E-state index in [1.165, 1.54) is 5.56 Å². The second-order valence-corrected chi connectivity index (χ2v) is 7.71. The third kappa shape index (κ3) is 5.00. The number of hydrogen-bond donors (Lipinski definition) is 1. The minimum atomic E-state index is -0.800. The molecule has 5 heteroatoms. The van der Waals surface area contributed by atoms with Crippen molar-refractivity contribution in [3.05, 3.63) is 72.3 Å². The van der Waals surface area contributed by atoms with Gasteiger partial charge in [-0.25, -0.2) is 0 Å². The average Bonchev–Trinajstić information content (AvgIpc) is 3.07. The van der Waals surface area contributed by atoms with E-state index in [0.29, 0.717) is 19.8 Å². The first-order valence-electron chi connectivity index (χ1n) is 10.7. The molecule has 0 aliphatic rings. The molecule has 0 radical (unpaired) electrons. The monoisotopic (exact) mass is 417 g/mol. The molecule has 1 aromatic heterocycles. The van der Waals surface area contributed by atoms with Crippen molar-refractivity contribution in [3.8, 4) is 11.5 Å². The third-order valence-electron chi connectivity index (χ3n) is 5.36. The Morgan fingerprint density at radius 2 is 1.55 bits per heavy atom. The fraction of sp³-hybridized carbons (Fsp3) is 0.269. The van der Waals surface area contributed by atoms with Crippen molar-refractivity contribution in [2.75, 3.05) is 13.2 Å². The standard InChI is InChI=1S/C26H27NO4/c1-19-7-6-8-20(17-19)30-15-4-5-16-31-21-11-12-23-22-9-2-3-10-24(22)27(25(23)18-21)14-13-26(28)29/h2-3,6-12,17-18H,4-5,13-16H2,1H3,(H,28,29). The molecule has 0 fully saturated rings. The summed E-state index contributed by atoms with van der Waals surface area (Å²) in [7, 11) is 0. The maximum atomic E-state index is 11.1. The summed E-state index contributed by atoms with van der Waals surface area (Å²) in [5.74, 6) is 0.901. The summed E-state index contributed by atoms with van der Waals surface area (Å²) >= 11 is 0. The van der Waals surface area contributed by atoms with Gasteiger partial charge in [-0.3, -0.25) is 4.79 Å². The minimum absolute atomic E-state index is 0.0831. The van der Waals surface area contributed by atoms with E-state index in [0.717, 1.165) is 46.1 Å². The van der Waals surface area contributed by atoms with Crippen LogP contribution in [0.3, 0.4) is 0 Å². The van der Waals surface area contributed by atoms with Gasteiger partial charge >= 0.3 is 5.97 Å². The molecule has 0 unspecified atom stereocenters. The lowest BCUT2D eigenvalue weighted by atomic mass is 10.1. The second-order valence-electron chi connectivity index (χ2n) is 7.71. The number of aromatic nitrogens is 1. The minimum Gasteiger partial charge on any atom is -0.494 e. The van der Waals surface area contributed by atoms with Crippen LogP contribution in [-0.4, -0.2) is 28.9 Å². The summed E-state index contributed by atoms with van der Waals surface area (Å²) < 4.78 is 13.8. The Kier molecular flexibility index (Phi) is 6.41. The summed E-state index contributed by atoms with van der Waals surface area (Å²) in [6, 6.07) is 22.2. The molecule has 0 atom stereocenters. The van der Waals surface area contributed by atoms with Crippen LogP contribution in [0.4, 0.5) is 0 Å². The number of carboxylic acids is 1. The van der Waals surface area contributed by atoms with Gasteiger partial charge in [-0.2, -0.15) is 0 Å². The molecule has 160 valence electrons. The Bertz CT molecular complexity index is 1190. The van der Waals surface area contributed by atoms with Crippen LogP contribution in [0.25, 0.3) is 21.8 Å². The number of carboxylic acid groups (broad SMARTS) is 1. The summed E-state index contributed by atoms with van der Waals surface area (Å²) in [6.45, 7) is 3.75. The maximum absolute atomic E-state index is 11.1. The number of benzene rings is 3. The van der Waals surface area contributed by atoms with E-state index >= 15 is 0 Å². The molecule has 1 heterocycles. The average molecular weight is 418 g/mol. The van der Waals surface area contributed by atoms with Gasteiger partial charge in [0.15, 0.2) is 0 Å². The van der Waals surface area contributed by atoms with Crippen LogP contribution in [0.15, 0.2) is 66.7 Å². The van der Waals surface area contributed by atoms with Gasteiger partial charge in [-0.05, 0) is 55.7 Å². The smallest absolute Gasteiger partial charge is 0.305 e. The molecule has 0 aliphatic heterocycles. The SMILES string of the molecule is Cc1cccc(OCCCCOc2ccc3c4ccccc4n(CCC(=O)O)c3c2)c1. The van der Waals surface area contributed by atoms with E-state index in [1.54, 1.807) is 0 Å². The van der Waals surface area contributed by atoms with Crippen molar-refractivity contribution >= 4 is 27.8 Å². The number of ether oxygens (including phenoxy) is 2. The second kappa shape index (κ2) is 9.56. The highest BCUT2D eigenvalue weighted by Crippen LogP contribution is 2.31. The van der Waals surface area contributed by atoms with Gasteiger partial charge in [0.2, 0.25) is 0 Å². The van der Waals surface area contributed by atoms with E-state index in [2.05, 4.69) is 29.7 Å². The van der Waals surface area contributed by atoms with Gasteiger partial charge in [-0.15, -0.1) is 0 Å². The van der Waals surface area contributed by atoms with Crippen molar-refractivity contribution in [3.63, 3.8) is 0 Å². The molecule has 0 bridgehead atoms. The number of hydrogen-bond acceptors (Lipinski definition) is 3.